The highest BCUT2D eigenvalue weighted by molar-refractivity contribution is 5.13. The van der Waals surface area contributed by atoms with E-state index in [-0.39, 0.29) is 13.2 Å². The van der Waals surface area contributed by atoms with Crippen molar-refractivity contribution >= 4 is 0 Å². The minimum atomic E-state index is -3.04. The molecule has 0 saturated carbocycles. The Morgan fingerprint density at radius 3 is 2.70 bits per heavy atom. The third-order valence-corrected chi connectivity index (χ3v) is 2.91. The molecule has 0 N–H and O–H groups in total. The summed E-state index contributed by atoms with van der Waals surface area (Å²) < 4.78 is 43.0. The predicted molar refractivity (Wildman–Crippen MR) is 70.5 cm³/mol. The van der Waals surface area contributed by atoms with E-state index in [1.165, 1.54) is 6.08 Å². The number of rotatable bonds is 6. The lowest BCUT2D eigenvalue weighted by Gasteiger charge is -2.31. The molecule has 110 valence electrons. The molecule has 0 radical (unpaired) electrons. The summed E-state index contributed by atoms with van der Waals surface area (Å²) in [5, 5.41) is 0. The largest absolute Gasteiger partial charge is 0.374 e. The van der Waals surface area contributed by atoms with Gasteiger partial charge in [0.15, 0.2) is 12.4 Å². The van der Waals surface area contributed by atoms with E-state index in [1.54, 1.807) is 6.92 Å². The van der Waals surface area contributed by atoms with Gasteiger partial charge in [-0.3, -0.25) is 0 Å². The Labute approximate surface area is 117 Å². The summed E-state index contributed by atoms with van der Waals surface area (Å²) in [7, 11) is 0. The molecule has 1 aliphatic heterocycles. The Hall–Kier alpha value is -1.30. The average molecular weight is 284 g/mol. The van der Waals surface area contributed by atoms with E-state index >= 15 is 0 Å². The number of benzene rings is 1. The molecule has 0 unspecified atom stereocenters. The summed E-state index contributed by atoms with van der Waals surface area (Å²) in [6, 6.07) is 9.39. The maximum absolute atomic E-state index is 13.7. The molecule has 2 atom stereocenters. The summed E-state index contributed by atoms with van der Waals surface area (Å²) in [5.74, 6) is -3.04. The van der Waals surface area contributed by atoms with Crippen LogP contribution in [0.5, 0.6) is 0 Å². The van der Waals surface area contributed by atoms with Crippen molar-refractivity contribution in [2.45, 2.75) is 31.8 Å². The van der Waals surface area contributed by atoms with Gasteiger partial charge in [0.2, 0.25) is 0 Å². The van der Waals surface area contributed by atoms with Crippen LogP contribution in [0.3, 0.4) is 0 Å². The van der Waals surface area contributed by atoms with Gasteiger partial charge in [-0.05, 0) is 24.6 Å². The fraction of sp³-hybridized carbons (Fsp3) is 0.467. The van der Waals surface area contributed by atoms with Crippen LogP contribution in [0.4, 0.5) is 8.78 Å². The first-order chi connectivity index (χ1) is 9.62. The van der Waals surface area contributed by atoms with E-state index in [4.69, 9.17) is 14.2 Å². The standard InChI is InChI=1S/C15H18F2O3/c1-2-19-14-8-9-15(16,17)13(20-14)11-18-10-12-6-4-3-5-7-12/h3-9,13-14H,2,10-11H2,1H3/t13-,14-/m1/s1. The lowest BCUT2D eigenvalue weighted by atomic mass is 10.1. The second kappa shape index (κ2) is 6.92. The molecule has 0 amide bonds. The number of hydrogen-bond donors (Lipinski definition) is 0. The van der Waals surface area contributed by atoms with Crippen LogP contribution >= 0.6 is 0 Å². The number of ether oxygens (including phenoxy) is 3. The zero-order valence-electron chi connectivity index (χ0n) is 11.3. The Morgan fingerprint density at radius 2 is 2.00 bits per heavy atom. The molecule has 1 aromatic carbocycles. The van der Waals surface area contributed by atoms with E-state index in [9.17, 15) is 8.78 Å². The highest BCUT2D eigenvalue weighted by Crippen LogP contribution is 2.29. The van der Waals surface area contributed by atoms with Crippen LogP contribution in [-0.4, -0.2) is 31.5 Å². The maximum Gasteiger partial charge on any atom is 0.294 e. The summed E-state index contributed by atoms with van der Waals surface area (Å²) in [4.78, 5) is 0. The van der Waals surface area contributed by atoms with E-state index in [0.717, 1.165) is 11.6 Å². The smallest absolute Gasteiger partial charge is 0.294 e. The minimum Gasteiger partial charge on any atom is -0.374 e. The van der Waals surface area contributed by atoms with Gasteiger partial charge in [0.1, 0.15) is 0 Å². The van der Waals surface area contributed by atoms with Crippen LogP contribution in [0.1, 0.15) is 12.5 Å². The van der Waals surface area contributed by atoms with Crippen LogP contribution in [0, 0.1) is 0 Å². The topological polar surface area (TPSA) is 27.7 Å². The Bertz CT molecular complexity index is 434. The van der Waals surface area contributed by atoms with Crippen molar-refractivity contribution in [2.24, 2.45) is 0 Å². The zero-order chi connectivity index (χ0) is 14.4. The summed E-state index contributed by atoms with van der Waals surface area (Å²) >= 11 is 0. The summed E-state index contributed by atoms with van der Waals surface area (Å²) in [5.41, 5.74) is 0.934. The van der Waals surface area contributed by atoms with Crippen molar-refractivity contribution in [1.29, 1.82) is 0 Å². The normalized spacial score (nSPS) is 24.8. The fourth-order valence-corrected chi connectivity index (χ4v) is 1.88. The SMILES string of the molecule is CCO[C@H]1C=CC(F)(F)[C@@H](COCc2ccccc2)O1. The Kier molecular flexibility index (Phi) is 5.23. The van der Waals surface area contributed by atoms with Gasteiger partial charge in [-0.25, -0.2) is 0 Å². The van der Waals surface area contributed by atoms with Crippen LogP contribution in [0.15, 0.2) is 42.5 Å². The van der Waals surface area contributed by atoms with Gasteiger partial charge >= 0.3 is 0 Å². The highest BCUT2D eigenvalue weighted by Gasteiger charge is 2.42. The van der Waals surface area contributed by atoms with E-state index in [1.807, 2.05) is 30.3 Å². The van der Waals surface area contributed by atoms with Crippen molar-refractivity contribution in [3.05, 3.63) is 48.0 Å². The van der Waals surface area contributed by atoms with Gasteiger partial charge in [0.05, 0.1) is 13.2 Å². The molecule has 3 nitrogen and oxygen atoms in total. The molecule has 0 aliphatic carbocycles. The molecule has 0 saturated heterocycles. The van der Waals surface area contributed by atoms with Crippen LogP contribution in [0.25, 0.3) is 0 Å². The quantitative estimate of drug-likeness (QED) is 0.751. The molecular weight excluding hydrogens is 266 g/mol. The predicted octanol–water partition coefficient (Wildman–Crippen LogP) is 3.16. The molecule has 1 aliphatic rings. The first kappa shape index (κ1) is 15.1. The molecule has 2 rings (SSSR count). The highest BCUT2D eigenvalue weighted by atomic mass is 19.3. The zero-order valence-corrected chi connectivity index (χ0v) is 11.3. The fourth-order valence-electron chi connectivity index (χ4n) is 1.88. The second-order valence-electron chi connectivity index (χ2n) is 4.48. The van der Waals surface area contributed by atoms with Gasteiger partial charge in [0, 0.05) is 6.61 Å². The van der Waals surface area contributed by atoms with Crippen molar-refractivity contribution in [3.8, 4) is 0 Å². The third kappa shape index (κ3) is 4.10. The van der Waals surface area contributed by atoms with Crippen LogP contribution in [-0.2, 0) is 20.8 Å². The van der Waals surface area contributed by atoms with Gasteiger partial charge in [-0.2, -0.15) is 8.78 Å². The van der Waals surface area contributed by atoms with Crippen molar-refractivity contribution in [1.82, 2.24) is 0 Å². The van der Waals surface area contributed by atoms with Crippen molar-refractivity contribution in [3.63, 3.8) is 0 Å². The van der Waals surface area contributed by atoms with Gasteiger partial charge in [0.25, 0.3) is 5.92 Å². The molecule has 5 heteroatoms. The number of halogens is 2. The number of alkyl halides is 2. The maximum atomic E-state index is 13.7. The van der Waals surface area contributed by atoms with Gasteiger partial charge < -0.3 is 14.2 Å². The molecular formula is C15H18F2O3. The van der Waals surface area contributed by atoms with E-state index in [0.29, 0.717) is 6.61 Å². The monoisotopic (exact) mass is 284 g/mol. The molecule has 0 fully saturated rings. The number of hydrogen-bond acceptors (Lipinski definition) is 3. The lowest BCUT2D eigenvalue weighted by Crippen LogP contribution is -2.44. The second-order valence-corrected chi connectivity index (χ2v) is 4.48. The molecule has 0 spiro atoms. The molecule has 20 heavy (non-hydrogen) atoms. The van der Waals surface area contributed by atoms with Crippen LogP contribution in [0.2, 0.25) is 0 Å². The first-order valence-electron chi connectivity index (χ1n) is 6.57. The Morgan fingerprint density at radius 1 is 1.25 bits per heavy atom. The van der Waals surface area contributed by atoms with Crippen LogP contribution < -0.4 is 0 Å². The van der Waals surface area contributed by atoms with Gasteiger partial charge in [-0.1, -0.05) is 30.3 Å². The molecule has 1 aromatic rings. The molecule has 0 aromatic heterocycles. The molecule has 0 bridgehead atoms. The summed E-state index contributed by atoms with van der Waals surface area (Å²) in [6.45, 7) is 2.28. The first-order valence-corrected chi connectivity index (χ1v) is 6.57. The Balaban J connectivity index is 1.86. The summed E-state index contributed by atoms with van der Waals surface area (Å²) in [6.07, 6.45) is 0.00241. The van der Waals surface area contributed by atoms with E-state index < -0.39 is 18.3 Å². The van der Waals surface area contributed by atoms with Crippen molar-refractivity contribution < 1.29 is 23.0 Å². The average Bonchev–Trinajstić information content (AvgIpc) is 2.44. The van der Waals surface area contributed by atoms with Crippen molar-refractivity contribution in [2.75, 3.05) is 13.2 Å². The minimum absolute atomic E-state index is 0.185. The van der Waals surface area contributed by atoms with E-state index in [2.05, 4.69) is 0 Å². The third-order valence-electron chi connectivity index (χ3n) is 2.91. The lowest BCUT2D eigenvalue weighted by molar-refractivity contribution is -0.221. The van der Waals surface area contributed by atoms with Gasteiger partial charge in [-0.15, -0.1) is 0 Å². The molecule has 1 heterocycles.